The molecule has 0 N–H and O–H groups in total. The van der Waals surface area contributed by atoms with Gasteiger partial charge < -0.3 is 14.2 Å². The molecule has 0 spiro atoms. The summed E-state index contributed by atoms with van der Waals surface area (Å²) in [4.78, 5) is 32.5. The highest BCUT2D eigenvalue weighted by molar-refractivity contribution is 7.07. The van der Waals surface area contributed by atoms with Crippen molar-refractivity contribution in [3.8, 4) is 11.5 Å². The van der Waals surface area contributed by atoms with Crippen molar-refractivity contribution in [1.82, 2.24) is 4.57 Å². The lowest BCUT2D eigenvalue weighted by Gasteiger charge is -2.25. The topological polar surface area (TPSA) is 79.1 Å². The molecule has 0 saturated heterocycles. The summed E-state index contributed by atoms with van der Waals surface area (Å²) in [5, 5.41) is 0.386. The molecule has 3 aromatic carbocycles. The molecule has 0 unspecified atom stereocenters. The minimum Gasteiger partial charge on any atom is -0.463 e. The summed E-state index contributed by atoms with van der Waals surface area (Å²) in [6, 6.07) is 17.3. The summed E-state index contributed by atoms with van der Waals surface area (Å²) >= 11 is 7.64. The first kappa shape index (κ1) is 25.1. The Hall–Kier alpha value is -4.21. The van der Waals surface area contributed by atoms with Gasteiger partial charge in [0, 0.05) is 11.6 Å². The lowest BCUT2D eigenvalue weighted by Crippen LogP contribution is -2.40. The Morgan fingerprint density at radius 2 is 1.87 bits per heavy atom. The van der Waals surface area contributed by atoms with Crippen LogP contribution in [0.3, 0.4) is 0 Å². The van der Waals surface area contributed by atoms with Crippen LogP contribution in [0, 0.1) is 5.82 Å². The molecule has 0 saturated carbocycles. The Balaban J connectivity index is 1.63. The van der Waals surface area contributed by atoms with Gasteiger partial charge in [0.25, 0.3) is 5.56 Å². The number of carbonyl (C=O) groups excluding carboxylic acids is 1. The Morgan fingerprint density at radius 1 is 1.15 bits per heavy atom. The molecule has 10 heteroatoms. The highest BCUT2D eigenvalue weighted by Gasteiger charge is 2.35. The van der Waals surface area contributed by atoms with E-state index in [1.165, 1.54) is 16.7 Å². The quantitative estimate of drug-likeness (QED) is 0.336. The molecule has 196 valence electrons. The first-order valence-electron chi connectivity index (χ1n) is 12.1. The Kier molecular flexibility index (Phi) is 6.54. The van der Waals surface area contributed by atoms with Gasteiger partial charge in [0.2, 0.25) is 6.79 Å². The second kappa shape index (κ2) is 10.2. The molecule has 0 radical (unpaired) electrons. The number of halogens is 2. The van der Waals surface area contributed by atoms with E-state index < -0.39 is 17.8 Å². The molecule has 0 bridgehead atoms. The zero-order valence-corrected chi connectivity index (χ0v) is 22.1. The number of benzene rings is 3. The third-order valence-electron chi connectivity index (χ3n) is 6.34. The standard InChI is InChI=1S/C29H20ClFN2O5S/c1-2-36-28(35)24-25(16-6-4-3-5-7-16)32-29-33(26(24)17-8-10-19(31)11-9-17)27(34)23(39-29)13-18-12-21-22(14-20(18)30)38-15-37-21/h3-14,26H,2,15H2,1H3/b23-13+/t26-/m0/s1. The fraction of sp³-hybridized carbons (Fsp3) is 0.138. The summed E-state index contributed by atoms with van der Waals surface area (Å²) in [6.07, 6.45) is 1.66. The van der Waals surface area contributed by atoms with Crippen molar-refractivity contribution in [3.63, 3.8) is 0 Å². The van der Waals surface area contributed by atoms with E-state index >= 15 is 0 Å². The van der Waals surface area contributed by atoms with E-state index in [0.717, 1.165) is 11.3 Å². The van der Waals surface area contributed by atoms with Crippen LogP contribution in [0.4, 0.5) is 4.39 Å². The van der Waals surface area contributed by atoms with Gasteiger partial charge in [-0.2, -0.15) is 0 Å². The third-order valence-corrected chi connectivity index (χ3v) is 7.65. The lowest BCUT2D eigenvalue weighted by molar-refractivity contribution is -0.138. The Morgan fingerprint density at radius 3 is 2.59 bits per heavy atom. The van der Waals surface area contributed by atoms with Crippen molar-refractivity contribution in [2.45, 2.75) is 13.0 Å². The molecule has 1 aromatic heterocycles. The normalized spacial score (nSPS) is 16.2. The molecule has 3 heterocycles. The van der Waals surface area contributed by atoms with E-state index in [2.05, 4.69) is 0 Å². The van der Waals surface area contributed by atoms with Gasteiger partial charge in [-0.15, -0.1) is 0 Å². The summed E-state index contributed by atoms with van der Waals surface area (Å²) in [5.74, 6) is 0.0103. The summed E-state index contributed by atoms with van der Waals surface area (Å²) < 4.78 is 32.0. The molecule has 0 fully saturated rings. The van der Waals surface area contributed by atoms with Gasteiger partial charge in [0.15, 0.2) is 16.3 Å². The third kappa shape index (κ3) is 4.53. The van der Waals surface area contributed by atoms with Gasteiger partial charge in [0.05, 0.1) is 33.5 Å². The smallest absolute Gasteiger partial charge is 0.338 e. The zero-order chi connectivity index (χ0) is 27.1. The monoisotopic (exact) mass is 562 g/mol. The average Bonchev–Trinajstić information content (AvgIpc) is 3.52. The van der Waals surface area contributed by atoms with E-state index in [1.54, 1.807) is 37.3 Å². The molecule has 4 aromatic rings. The number of carbonyl (C=O) groups is 1. The van der Waals surface area contributed by atoms with Crippen LogP contribution in [0.15, 0.2) is 82.1 Å². The second-order valence-corrected chi connectivity index (χ2v) is 10.1. The maximum atomic E-state index is 13.9. The molecule has 2 aliphatic rings. The van der Waals surface area contributed by atoms with Gasteiger partial charge in [-0.25, -0.2) is 14.2 Å². The number of ether oxygens (including phenoxy) is 3. The molecule has 7 nitrogen and oxygen atoms in total. The fourth-order valence-corrected chi connectivity index (χ4v) is 5.79. The van der Waals surface area contributed by atoms with Gasteiger partial charge in [-0.1, -0.05) is 65.4 Å². The van der Waals surface area contributed by atoms with Gasteiger partial charge in [0.1, 0.15) is 5.82 Å². The molecule has 2 aliphatic heterocycles. The molecular weight excluding hydrogens is 543 g/mol. The van der Waals surface area contributed by atoms with Crippen molar-refractivity contribution < 1.29 is 23.4 Å². The van der Waals surface area contributed by atoms with Crippen LogP contribution in [-0.4, -0.2) is 23.9 Å². The highest BCUT2D eigenvalue weighted by Crippen LogP contribution is 2.37. The minimum atomic E-state index is -0.898. The largest absolute Gasteiger partial charge is 0.463 e. The maximum Gasteiger partial charge on any atom is 0.338 e. The predicted octanol–water partition coefficient (Wildman–Crippen LogP) is 4.46. The van der Waals surface area contributed by atoms with Crippen molar-refractivity contribution in [2.24, 2.45) is 4.99 Å². The van der Waals surface area contributed by atoms with Crippen LogP contribution in [-0.2, 0) is 9.53 Å². The zero-order valence-electron chi connectivity index (χ0n) is 20.5. The molecule has 0 amide bonds. The maximum absolute atomic E-state index is 13.9. The summed E-state index contributed by atoms with van der Waals surface area (Å²) in [7, 11) is 0. The minimum absolute atomic E-state index is 0.0911. The number of esters is 1. The van der Waals surface area contributed by atoms with Gasteiger partial charge in [-0.3, -0.25) is 9.36 Å². The van der Waals surface area contributed by atoms with Gasteiger partial charge >= 0.3 is 5.97 Å². The van der Waals surface area contributed by atoms with Crippen molar-refractivity contribution in [1.29, 1.82) is 0 Å². The lowest BCUT2D eigenvalue weighted by atomic mass is 9.93. The number of hydrogen-bond donors (Lipinski definition) is 0. The van der Waals surface area contributed by atoms with E-state index in [-0.39, 0.29) is 24.5 Å². The number of thiazole rings is 1. The first-order chi connectivity index (χ1) is 18.9. The summed E-state index contributed by atoms with van der Waals surface area (Å²) in [5.41, 5.74) is 1.99. The van der Waals surface area contributed by atoms with Crippen LogP contribution in [0.1, 0.15) is 29.7 Å². The van der Waals surface area contributed by atoms with Crippen LogP contribution in [0.25, 0.3) is 11.8 Å². The number of aromatic nitrogens is 1. The number of fused-ring (bicyclic) bond motifs is 2. The van der Waals surface area contributed by atoms with Crippen LogP contribution in [0.2, 0.25) is 5.02 Å². The number of hydrogen-bond acceptors (Lipinski definition) is 7. The van der Waals surface area contributed by atoms with Crippen LogP contribution in [0.5, 0.6) is 11.5 Å². The summed E-state index contributed by atoms with van der Waals surface area (Å²) in [6.45, 7) is 1.93. The van der Waals surface area contributed by atoms with Crippen molar-refractivity contribution >= 4 is 40.7 Å². The SMILES string of the molecule is CCOC(=O)C1=C(c2ccccc2)N=c2s/c(=C/c3cc4c(cc3Cl)OCO4)c(=O)n2[C@H]1c1ccc(F)cc1. The second-order valence-electron chi connectivity index (χ2n) is 8.71. The van der Waals surface area contributed by atoms with E-state index in [1.807, 2.05) is 30.3 Å². The number of nitrogens with zero attached hydrogens (tertiary/aromatic N) is 2. The first-order valence-corrected chi connectivity index (χ1v) is 13.3. The van der Waals surface area contributed by atoms with Gasteiger partial charge in [-0.05, 0) is 42.3 Å². The Bertz CT molecular complexity index is 1810. The van der Waals surface area contributed by atoms with Crippen molar-refractivity contribution in [3.05, 3.63) is 120 Å². The average molecular weight is 563 g/mol. The van der Waals surface area contributed by atoms with E-state index in [0.29, 0.717) is 48.2 Å². The predicted molar refractivity (Wildman–Crippen MR) is 145 cm³/mol. The molecular formula is C29H20ClFN2O5S. The Labute approximate surface area is 230 Å². The molecule has 39 heavy (non-hydrogen) atoms. The van der Waals surface area contributed by atoms with E-state index in [9.17, 15) is 14.0 Å². The van der Waals surface area contributed by atoms with E-state index in [4.69, 9.17) is 30.8 Å². The molecule has 1 atom stereocenters. The number of rotatable bonds is 5. The van der Waals surface area contributed by atoms with Crippen molar-refractivity contribution in [2.75, 3.05) is 13.4 Å². The fourth-order valence-electron chi connectivity index (χ4n) is 4.59. The van der Waals surface area contributed by atoms with Crippen LogP contribution >= 0.6 is 22.9 Å². The van der Waals surface area contributed by atoms with Crippen LogP contribution < -0.4 is 24.4 Å². The molecule has 6 rings (SSSR count). The highest BCUT2D eigenvalue weighted by atomic mass is 35.5. The molecule has 0 aliphatic carbocycles.